The van der Waals surface area contributed by atoms with E-state index in [9.17, 15) is 4.79 Å². The minimum atomic E-state index is -0.0475. The standard InChI is InChI=1S/C6H3BrN2OS/c7-3-1-8-2-4-5(3)11-6(10)9-4/h1-2H,(H,9,10). The van der Waals surface area contributed by atoms with Crippen molar-refractivity contribution in [3.8, 4) is 0 Å². The number of rotatable bonds is 0. The van der Waals surface area contributed by atoms with Gasteiger partial charge < -0.3 is 4.98 Å². The van der Waals surface area contributed by atoms with Crippen LogP contribution in [0.2, 0.25) is 0 Å². The van der Waals surface area contributed by atoms with Crippen LogP contribution in [0, 0.1) is 0 Å². The number of halogens is 1. The second-order valence-electron chi connectivity index (χ2n) is 2.01. The van der Waals surface area contributed by atoms with Crippen molar-refractivity contribution in [2.75, 3.05) is 0 Å². The van der Waals surface area contributed by atoms with E-state index in [2.05, 4.69) is 25.9 Å². The third-order valence-electron chi connectivity index (χ3n) is 1.28. The van der Waals surface area contributed by atoms with Gasteiger partial charge in [0.1, 0.15) is 0 Å². The quantitative estimate of drug-likeness (QED) is 0.750. The van der Waals surface area contributed by atoms with Gasteiger partial charge in [-0.1, -0.05) is 11.3 Å². The zero-order valence-corrected chi connectivity index (χ0v) is 7.70. The van der Waals surface area contributed by atoms with Gasteiger partial charge in [0.2, 0.25) is 0 Å². The van der Waals surface area contributed by atoms with Crippen molar-refractivity contribution in [1.82, 2.24) is 9.97 Å². The molecule has 2 aromatic rings. The first-order valence-electron chi connectivity index (χ1n) is 2.90. The van der Waals surface area contributed by atoms with Crippen molar-refractivity contribution < 1.29 is 0 Å². The van der Waals surface area contributed by atoms with Gasteiger partial charge in [0.05, 0.1) is 20.9 Å². The second kappa shape index (κ2) is 2.42. The van der Waals surface area contributed by atoms with Crippen molar-refractivity contribution in [2.24, 2.45) is 0 Å². The molecule has 0 unspecified atom stereocenters. The molecule has 2 rings (SSSR count). The fourth-order valence-corrected chi connectivity index (χ4v) is 2.13. The van der Waals surface area contributed by atoms with Crippen LogP contribution in [0.1, 0.15) is 0 Å². The van der Waals surface area contributed by atoms with Crippen molar-refractivity contribution >= 4 is 37.5 Å². The summed E-state index contributed by atoms with van der Waals surface area (Å²) in [5.74, 6) is 0. The topological polar surface area (TPSA) is 45.8 Å². The number of fused-ring (bicyclic) bond motifs is 1. The highest BCUT2D eigenvalue weighted by Crippen LogP contribution is 2.22. The third kappa shape index (κ3) is 1.10. The number of nitrogens with one attached hydrogen (secondary N) is 1. The first kappa shape index (κ1) is 7.00. The molecule has 2 heterocycles. The Morgan fingerprint density at radius 2 is 2.36 bits per heavy atom. The number of aromatic nitrogens is 2. The van der Waals surface area contributed by atoms with Crippen molar-refractivity contribution in [2.45, 2.75) is 0 Å². The van der Waals surface area contributed by atoms with Gasteiger partial charge in [-0.15, -0.1) is 0 Å². The lowest BCUT2D eigenvalue weighted by atomic mass is 10.5. The van der Waals surface area contributed by atoms with Crippen LogP contribution in [0.3, 0.4) is 0 Å². The Kier molecular flexibility index (Phi) is 1.54. The highest BCUT2D eigenvalue weighted by atomic mass is 79.9. The van der Waals surface area contributed by atoms with Gasteiger partial charge in [0, 0.05) is 6.20 Å². The molecule has 5 heteroatoms. The van der Waals surface area contributed by atoms with E-state index in [0.29, 0.717) is 0 Å². The molecule has 0 spiro atoms. The van der Waals surface area contributed by atoms with E-state index in [-0.39, 0.29) is 4.87 Å². The molecule has 2 aromatic heterocycles. The number of hydrogen-bond donors (Lipinski definition) is 1. The van der Waals surface area contributed by atoms with E-state index in [0.717, 1.165) is 14.7 Å². The van der Waals surface area contributed by atoms with E-state index >= 15 is 0 Å². The number of pyridine rings is 1. The average molecular weight is 231 g/mol. The van der Waals surface area contributed by atoms with E-state index in [1.165, 1.54) is 11.3 Å². The van der Waals surface area contributed by atoms with Crippen LogP contribution in [0.4, 0.5) is 0 Å². The molecule has 0 saturated heterocycles. The molecule has 0 aliphatic carbocycles. The Labute approximate surface area is 74.2 Å². The number of H-pyrrole nitrogens is 1. The average Bonchev–Trinajstić information content (AvgIpc) is 2.31. The van der Waals surface area contributed by atoms with Crippen LogP contribution < -0.4 is 4.87 Å². The van der Waals surface area contributed by atoms with Gasteiger partial charge >= 0.3 is 4.87 Å². The Morgan fingerprint density at radius 3 is 3.09 bits per heavy atom. The van der Waals surface area contributed by atoms with E-state index in [1.807, 2.05) is 0 Å². The minimum absolute atomic E-state index is 0.0475. The summed E-state index contributed by atoms with van der Waals surface area (Å²) in [4.78, 5) is 17.4. The predicted octanol–water partition coefficient (Wildman–Crippen LogP) is 1.75. The SMILES string of the molecule is O=c1[nH]c2cncc(Br)c2s1. The maximum atomic E-state index is 10.9. The van der Waals surface area contributed by atoms with Crippen LogP contribution in [0.5, 0.6) is 0 Å². The first-order chi connectivity index (χ1) is 5.27. The maximum absolute atomic E-state index is 10.9. The molecule has 0 saturated carbocycles. The van der Waals surface area contributed by atoms with Crippen LogP contribution in [0.15, 0.2) is 21.7 Å². The van der Waals surface area contributed by atoms with Crippen molar-refractivity contribution in [3.05, 3.63) is 26.5 Å². The molecule has 0 aliphatic rings. The van der Waals surface area contributed by atoms with Gasteiger partial charge in [-0.25, -0.2) is 0 Å². The molecule has 0 radical (unpaired) electrons. The Hall–Kier alpha value is -0.680. The fourth-order valence-electron chi connectivity index (χ4n) is 0.844. The second-order valence-corrected chi connectivity index (χ2v) is 3.85. The number of nitrogens with zero attached hydrogens (tertiary/aromatic N) is 1. The monoisotopic (exact) mass is 230 g/mol. The lowest BCUT2D eigenvalue weighted by Gasteiger charge is -1.87. The highest BCUT2D eigenvalue weighted by molar-refractivity contribution is 9.10. The zero-order valence-electron chi connectivity index (χ0n) is 5.30. The van der Waals surface area contributed by atoms with Crippen LogP contribution in [0.25, 0.3) is 10.2 Å². The normalized spacial score (nSPS) is 10.6. The van der Waals surface area contributed by atoms with Crippen molar-refractivity contribution in [3.63, 3.8) is 0 Å². The van der Waals surface area contributed by atoms with Crippen molar-refractivity contribution in [1.29, 1.82) is 0 Å². The van der Waals surface area contributed by atoms with Crippen LogP contribution in [-0.2, 0) is 0 Å². The molecule has 0 atom stereocenters. The van der Waals surface area contributed by atoms with E-state index in [1.54, 1.807) is 12.4 Å². The van der Waals surface area contributed by atoms with Gasteiger partial charge in [-0.05, 0) is 15.9 Å². The zero-order chi connectivity index (χ0) is 7.84. The Balaban J connectivity index is 3.01. The van der Waals surface area contributed by atoms with E-state index < -0.39 is 0 Å². The largest absolute Gasteiger partial charge is 0.311 e. The number of hydrogen-bond acceptors (Lipinski definition) is 3. The molecular formula is C6H3BrN2OS. The lowest BCUT2D eigenvalue weighted by Crippen LogP contribution is -1.89. The summed E-state index contributed by atoms with van der Waals surface area (Å²) in [6.07, 6.45) is 3.31. The molecule has 0 aromatic carbocycles. The summed E-state index contributed by atoms with van der Waals surface area (Å²) >= 11 is 4.48. The third-order valence-corrected chi connectivity index (χ3v) is 3.08. The van der Waals surface area contributed by atoms with Crippen LogP contribution >= 0.6 is 27.3 Å². The highest BCUT2D eigenvalue weighted by Gasteiger charge is 2.01. The molecular weight excluding hydrogens is 228 g/mol. The molecule has 1 N–H and O–H groups in total. The molecule has 3 nitrogen and oxygen atoms in total. The Morgan fingerprint density at radius 1 is 1.55 bits per heavy atom. The molecule has 0 fully saturated rings. The lowest BCUT2D eigenvalue weighted by molar-refractivity contribution is 1.31. The van der Waals surface area contributed by atoms with E-state index in [4.69, 9.17) is 0 Å². The van der Waals surface area contributed by atoms with Gasteiger partial charge in [0.25, 0.3) is 0 Å². The van der Waals surface area contributed by atoms with Gasteiger partial charge in [-0.2, -0.15) is 0 Å². The molecule has 0 amide bonds. The maximum Gasteiger partial charge on any atom is 0.305 e. The summed E-state index contributed by atoms with van der Waals surface area (Å²) in [5, 5.41) is 0. The number of thiazole rings is 1. The molecule has 0 bridgehead atoms. The molecule has 0 aliphatic heterocycles. The summed E-state index contributed by atoms with van der Waals surface area (Å²) in [5.41, 5.74) is 0.786. The fraction of sp³-hybridized carbons (Fsp3) is 0. The molecule has 56 valence electrons. The summed E-state index contributed by atoms with van der Waals surface area (Å²) in [6, 6.07) is 0. The van der Waals surface area contributed by atoms with Gasteiger partial charge in [-0.3, -0.25) is 9.78 Å². The summed E-state index contributed by atoms with van der Waals surface area (Å²) < 4.78 is 1.78. The first-order valence-corrected chi connectivity index (χ1v) is 4.50. The van der Waals surface area contributed by atoms with Crippen LogP contribution in [-0.4, -0.2) is 9.97 Å². The summed E-state index contributed by atoms with van der Waals surface area (Å²) in [7, 11) is 0. The predicted molar refractivity (Wildman–Crippen MR) is 47.9 cm³/mol. The Bertz CT molecular complexity index is 447. The molecule has 11 heavy (non-hydrogen) atoms. The summed E-state index contributed by atoms with van der Waals surface area (Å²) in [6.45, 7) is 0. The smallest absolute Gasteiger partial charge is 0.305 e. The van der Waals surface area contributed by atoms with Gasteiger partial charge in [0.15, 0.2) is 0 Å². The number of aromatic amines is 1. The minimum Gasteiger partial charge on any atom is -0.311 e.